The van der Waals surface area contributed by atoms with E-state index >= 15 is 0 Å². The van der Waals surface area contributed by atoms with Crippen LogP contribution in [0, 0.1) is 11.3 Å². The maximum Gasteiger partial charge on any atom is 0.236 e. The molecule has 166 valence electrons. The number of carbonyl (C=O) groups is 2. The first-order valence-corrected chi connectivity index (χ1v) is 10.6. The Morgan fingerprint density at radius 2 is 2.16 bits per heavy atom. The van der Waals surface area contributed by atoms with Gasteiger partial charge in [-0.1, -0.05) is 0 Å². The second-order valence-corrected chi connectivity index (χ2v) is 9.05. The quantitative estimate of drug-likeness (QED) is 0.582. The minimum atomic E-state index is -0.540. The Kier molecular flexibility index (Phi) is 5.42. The van der Waals surface area contributed by atoms with Gasteiger partial charge < -0.3 is 15.7 Å². The lowest BCUT2D eigenvalue weighted by Gasteiger charge is -2.27. The minimum absolute atomic E-state index is 0.0194. The number of anilines is 3. The predicted octanol–water partition coefficient (Wildman–Crippen LogP) is 1.41. The number of rotatable bonds is 8. The van der Waals surface area contributed by atoms with E-state index < -0.39 is 11.0 Å². The predicted molar refractivity (Wildman–Crippen MR) is 115 cm³/mol. The maximum absolute atomic E-state index is 13.4. The van der Waals surface area contributed by atoms with Gasteiger partial charge in [0.2, 0.25) is 17.8 Å². The molecule has 2 fully saturated rings. The molecule has 2 aromatic rings. The highest BCUT2D eigenvalue weighted by molar-refractivity contribution is 6.00. The second kappa shape index (κ2) is 7.92. The molecule has 3 heterocycles. The molecule has 10 nitrogen and oxygen atoms in total. The van der Waals surface area contributed by atoms with Crippen molar-refractivity contribution in [3.8, 4) is 0 Å². The van der Waals surface area contributed by atoms with E-state index in [1.54, 1.807) is 34.2 Å². The Morgan fingerprint density at radius 1 is 1.39 bits per heavy atom. The van der Waals surface area contributed by atoms with Crippen molar-refractivity contribution >= 4 is 29.3 Å². The van der Waals surface area contributed by atoms with Gasteiger partial charge in [-0.15, -0.1) is 0 Å². The topological polar surface area (TPSA) is 125 Å². The number of aliphatic hydroxyl groups excluding tert-OH is 1. The average Bonchev–Trinajstić information content (AvgIpc) is 3.40. The van der Waals surface area contributed by atoms with Gasteiger partial charge in [0, 0.05) is 32.4 Å². The number of hydrogen-bond donors (Lipinski definition) is 3. The monoisotopic (exact) mass is 427 g/mol. The summed E-state index contributed by atoms with van der Waals surface area (Å²) >= 11 is 0. The van der Waals surface area contributed by atoms with Gasteiger partial charge in [0.15, 0.2) is 0 Å². The molecule has 31 heavy (non-hydrogen) atoms. The summed E-state index contributed by atoms with van der Waals surface area (Å²) in [6.45, 7) is 6.13. The van der Waals surface area contributed by atoms with Crippen LogP contribution in [-0.2, 0) is 15.1 Å². The van der Waals surface area contributed by atoms with Crippen molar-refractivity contribution in [3.63, 3.8) is 0 Å². The van der Waals surface area contributed by atoms with Gasteiger partial charge >= 0.3 is 0 Å². The first-order valence-electron chi connectivity index (χ1n) is 10.6. The second-order valence-electron chi connectivity index (χ2n) is 9.05. The van der Waals surface area contributed by atoms with Crippen LogP contribution in [0.4, 0.5) is 17.5 Å². The van der Waals surface area contributed by atoms with Crippen LogP contribution in [-0.4, -0.2) is 56.4 Å². The Morgan fingerprint density at radius 3 is 2.84 bits per heavy atom. The maximum atomic E-state index is 13.4. The fourth-order valence-corrected chi connectivity index (χ4v) is 4.09. The molecule has 2 aliphatic rings. The van der Waals surface area contributed by atoms with E-state index in [9.17, 15) is 14.7 Å². The molecular formula is C21H29N7O3. The number of nitrogens with one attached hydrogen (secondary N) is 2. The average molecular weight is 428 g/mol. The van der Waals surface area contributed by atoms with Crippen molar-refractivity contribution in [2.75, 3.05) is 29.9 Å². The molecule has 1 saturated carbocycles. The van der Waals surface area contributed by atoms with Crippen molar-refractivity contribution < 1.29 is 14.7 Å². The summed E-state index contributed by atoms with van der Waals surface area (Å²) in [5.74, 6) is 1.11. The molecule has 2 aromatic heterocycles. The van der Waals surface area contributed by atoms with Crippen LogP contribution < -0.4 is 15.5 Å². The SMILES string of the molecule is CC(=O)NC[C@]1(C2CC2)CCN(c2ccnc(Nc3cnn(C(C)(C)CO)c3)n2)C1=O. The van der Waals surface area contributed by atoms with Crippen LogP contribution in [0.5, 0.6) is 0 Å². The number of aromatic nitrogens is 4. The Bertz CT molecular complexity index is 985. The van der Waals surface area contributed by atoms with Crippen LogP contribution >= 0.6 is 0 Å². The van der Waals surface area contributed by atoms with Gasteiger partial charge in [0.1, 0.15) is 5.82 Å². The highest BCUT2D eigenvalue weighted by Crippen LogP contribution is 2.51. The first kappa shape index (κ1) is 21.2. The summed E-state index contributed by atoms with van der Waals surface area (Å²) in [6.07, 6.45) is 7.77. The van der Waals surface area contributed by atoms with Crippen LogP contribution in [0.25, 0.3) is 0 Å². The lowest BCUT2D eigenvalue weighted by molar-refractivity contribution is -0.127. The standard InChI is InChI=1S/C21H29N7O3/c1-14(30)23-12-21(15-4-5-15)7-9-27(18(21)31)17-6-8-22-19(26-17)25-16-10-24-28(11-16)20(2,3)13-29/h6,8,10-11,15,29H,4-5,7,9,12-13H2,1-3H3,(H,23,30)(H,22,25,26)/t21-/m0/s1. The Labute approximate surface area is 181 Å². The van der Waals surface area contributed by atoms with Gasteiger partial charge in [-0.2, -0.15) is 10.1 Å². The van der Waals surface area contributed by atoms with Crippen LogP contribution in [0.3, 0.4) is 0 Å². The molecule has 4 rings (SSSR count). The van der Waals surface area contributed by atoms with Gasteiger partial charge in [-0.3, -0.25) is 19.2 Å². The third-order valence-electron chi connectivity index (χ3n) is 6.23. The van der Waals surface area contributed by atoms with Gasteiger partial charge in [-0.05, 0) is 45.1 Å². The molecule has 1 atom stereocenters. The fraction of sp³-hybridized carbons (Fsp3) is 0.571. The smallest absolute Gasteiger partial charge is 0.236 e. The van der Waals surface area contributed by atoms with E-state index in [1.807, 2.05) is 13.8 Å². The van der Waals surface area contributed by atoms with Gasteiger partial charge in [0.05, 0.1) is 29.4 Å². The van der Waals surface area contributed by atoms with Crippen molar-refractivity contribution in [3.05, 3.63) is 24.7 Å². The lowest BCUT2D eigenvalue weighted by atomic mass is 9.80. The van der Waals surface area contributed by atoms with E-state index in [2.05, 4.69) is 25.7 Å². The molecule has 1 aliphatic carbocycles. The Hall–Kier alpha value is -3.01. The summed E-state index contributed by atoms with van der Waals surface area (Å²) in [5.41, 5.74) is -0.379. The molecule has 0 radical (unpaired) electrons. The van der Waals surface area contributed by atoms with Crippen molar-refractivity contribution in [1.82, 2.24) is 25.1 Å². The fourth-order valence-electron chi connectivity index (χ4n) is 4.09. The normalized spacial score (nSPS) is 21.4. The zero-order valence-electron chi connectivity index (χ0n) is 18.1. The van der Waals surface area contributed by atoms with Gasteiger partial charge in [-0.25, -0.2) is 4.98 Å². The summed E-state index contributed by atoms with van der Waals surface area (Å²) in [6, 6.07) is 1.72. The zero-order chi connectivity index (χ0) is 22.2. The molecule has 0 aromatic carbocycles. The summed E-state index contributed by atoms with van der Waals surface area (Å²) < 4.78 is 1.68. The highest BCUT2D eigenvalue weighted by atomic mass is 16.3. The molecular weight excluding hydrogens is 398 g/mol. The number of nitrogens with zero attached hydrogens (tertiary/aromatic N) is 5. The largest absolute Gasteiger partial charge is 0.394 e. The molecule has 1 aliphatic heterocycles. The number of amides is 2. The molecule has 0 spiro atoms. The van der Waals surface area contributed by atoms with Crippen LogP contribution in [0.15, 0.2) is 24.7 Å². The Balaban J connectivity index is 1.51. The zero-order valence-corrected chi connectivity index (χ0v) is 18.1. The van der Waals surface area contributed by atoms with E-state index in [0.29, 0.717) is 42.9 Å². The van der Waals surface area contributed by atoms with E-state index in [0.717, 1.165) is 12.8 Å². The molecule has 10 heteroatoms. The van der Waals surface area contributed by atoms with Crippen LogP contribution in [0.1, 0.15) is 40.0 Å². The number of aliphatic hydroxyl groups is 1. The minimum Gasteiger partial charge on any atom is -0.394 e. The third-order valence-corrected chi connectivity index (χ3v) is 6.23. The number of carbonyl (C=O) groups excluding carboxylic acids is 2. The van der Waals surface area contributed by atoms with E-state index in [-0.39, 0.29) is 18.4 Å². The van der Waals surface area contributed by atoms with Crippen molar-refractivity contribution in [1.29, 1.82) is 0 Å². The van der Waals surface area contributed by atoms with E-state index in [4.69, 9.17) is 0 Å². The van der Waals surface area contributed by atoms with Crippen molar-refractivity contribution in [2.24, 2.45) is 11.3 Å². The molecule has 1 saturated heterocycles. The van der Waals surface area contributed by atoms with Crippen LogP contribution in [0.2, 0.25) is 0 Å². The third kappa shape index (κ3) is 4.12. The molecule has 0 unspecified atom stereocenters. The lowest BCUT2D eigenvalue weighted by Crippen LogP contribution is -2.44. The summed E-state index contributed by atoms with van der Waals surface area (Å²) in [4.78, 5) is 35.4. The highest BCUT2D eigenvalue weighted by Gasteiger charge is 2.56. The van der Waals surface area contributed by atoms with Crippen molar-refractivity contribution in [2.45, 2.75) is 45.6 Å². The van der Waals surface area contributed by atoms with E-state index in [1.165, 1.54) is 6.92 Å². The summed E-state index contributed by atoms with van der Waals surface area (Å²) in [5, 5.41) is 19.8. The molecule has 2 amide bonds. The van der Waals surface area contributed by atoms with Gasteiger partial charge in [0.25, 0.3) is 0 Å². The molecule has 3 N–H and O–H groups in total. The molecule has 0 bridgehead atoms. The number of hydrogen-bond acceptors (Lipinski definition) is 7. The first-order chi connectivity index (χ1) is 14.7. The summed E-state index contributed by atoms with van der Waals surface area (Å²) in [7, 11) is 0.